The molecule has 1 rings (SSSR count). The summed E-state index contributed by atoms with van der Waals surface area (Å²) >= 11 is 0. The van der Waals surface area contributed by atoms with Crippen LogP contribution in [-0.4, -0.2) is 61.2 Å². The zero-order valence-corrected chi connectivity index (χ0v) is 14.2. The normalized spacial score (nSPS) is 23.5. The van der Waals surface area contributed by atoms with Crippen LogP contribution in [0.5, 0.6) is 0 Å². The highest BCUT2D eigenvalue weighted by Crippen LogP contribution is 2.26. The average Bonchev–Trinajstić information content (AvgIpc) is 2.30. The van der Waals surface area contributed by atoms with Crippen LogP contribution in [0.15, 0.2) is 0 Å². The van der Waals surface area contributed by atoms with Crippen LogP contribution in [0.1, 0.15) is 48.0 Å². The molecule has 1 fully saturated rings. The average molecular weight is 269 g/mol. The van der Waals surface area contributed by atoms with E-state index in [0.29, 0.717) is 17.0 Å². The van der Waals surface area contributed by atoms with Crippen LogP contribution in [0.3, 0.4) is 0 Å². The summed E-state index contributed by atoms with van der Waals surface area (Å²) in [7, 11) is 2.24. The number of likely N-dealkylation sites (N-methyl/N-ethyl adjacent to an activating group) is 1. The quantitative estimate of drug-likeness (QED) is 0.799. The van der Waals surface area contributed by atoms with Gasteiger partial charge in [0.25, 0.3) is 0 Å². The monoisotopic (exact) mass is 269 g/mol. The van der Waals surface area contributed by atoms with Gasteiger partial charge in [-0.2, -0.15) is 0 Å². The molecule has 19 heavy (non-hydrogen) atoms. The van der Waals surface area contributed by atoms with E-state index in [4.69, 9.17) is 0 Å². The second-order valence-electron chi connectivity index (χ2n) is 7.61. The molecule has 1 heterocycles. The summed E-state index contributed by atoms with van der Waals surface area (Å²) in [6, 6.07) is 0.565. The van der Waals surface area contributed by atoms with Crippen molar-refractivity contribution >= 4 is 0 Å². The molecule has 0 saturated carbocycles. The van der Waals surface area contributed by atoms with E-state index < -0.39 is 0 Å². The molecule has 1 saturated heterocycles. The van der Waals surface area contributed by atoms with Crippen molar-refractivity contribution in [3.8, 4) is 0 Å². The lowest BCUT2D eigenvalue weighted by Crippen LogP contribution is -2.60. The van der Waals surface area contributed by atoms with Crippen molar-refractivity contribution < 1.29 is 0 Å². The van der Waals surface area contributed by atoms with E-state index in [9.17, 15) is 0 Å². The van der Waals surface area contributed by atoms with Crippen molar-refractivity contribution in [1.29, 1.82) is 0 Å². The van der Waals surface area contributed by atoms with Crippen LogP contribution in [-0.2, 0) is 0 Å². The zero-order chi connectivity index (χ0) is 14.7. The standard InChI is InChI=1S/C16H35N3/c1-8-9-17-14(2)15(3,4)12-19-11-10-18(7)16(5,6)13-19/h14,17H,8-13H2,1-7H3. The van der Waals surface area contributed by atoms with Gasteiger partial charge in [0.2, 0.25) is 0 Å². The van der Waals surface area contributed by atoms with Crippen molar-refractivity contribution in [3.05, 3.63) is 0 Å². The van der Waals surface area contributed by atoms with E-state index in [2.05, 4.69) is 63.7 Å². The lowest BCUT2D eigenvalue weighted by atomic mass is 9.83. The minimum Gasteiger partial charge on any atom is -0.314 e. The topological polar surface area (TPSA) is 18.5 Å². The van der Waals surface area contributed by atoms with Gasteiger partial charge >= 0.3 is 0 Å². The van der Waals surface area contributed by atoms with Gasteiger partial charge < -0.3 is 5.32 Å². The maximum atomic E-state index is 3.65. The molecule has 1 aliphatic heterocycles. The summed E-state index contributed by atoms with van der Waals surface area (Å²) in [5.41, 5.74) is 0.621. The van der Waals surface area contributed by atoms with Crippen LogP contribution < -0.4 is 5.32 Å². The third-order valence-corrected chi connectivity index (χ3v) is 4.90. The van der Waals surface area contributed by atoms with Crippen molar-refractivity contribution in [2.45, 2.75) is 59.5 Å². The SMILES string of the molecule is CCCNC(C)C(C)(C)CN1CCN(C)C(C)(C)C1. The minimum absolute atomic E-state index is 0.300. The van der Waals surface area contributed by atoms with E-state index in [1.165, 1.54) is 32.6 Å². The molecule has 0 spiro atoms. The highest BCUT2D eigenvalue weighted by molar-refractivity contribution is 4.92. The second-order valence-corrected chi connectivity index (χ2v) is 7.61. The fourth-order valence-corrected chi connectivity index (χ4v) is 2.83. The van der Waals surface area contributed by atoms with Crippen molar-refractivity contribution in [2.75, 3.05) is 39.8 Å². The zero-order valence-electron chi connectivity index (χ0n) is 14.2. The molecule has 0 aromatic rings. The molecule has 0 aromatic heterocycles. The molecule has 1 N–H and O–H groups in total. The Hall–Kier alpha value is -0.120. The van der Waals surface area contributed by atoms with Gasteiger partial charge in [0.05, 0.1) is 0 Å². The summed E-state index contributed by atoms with van der Waals surface area (Å²) in [6.45, 7) is 19.9. The lowest BCUT2D eigenvalue weighted by molar-refractivity contribution is 0.0160. The Labute approximate surface area is 120 Å². The maximum Gasteiger partial charge on any atom is 0.0277 e. The predicted octanol–water partition coefficient (Wildman–Crippen LogP) is 2.43. The first-order chi connectivity index (χ1) is 8.69. The van der Waals surface area contributed by atoms with Crippen LogP contribution in [0.2, 0.25) is 0 Å². The molecule has 0 amide bonds. The Kier molecular flexibility index (Phi) is 5.84. The van der Waals surface area contributed by atoms with E-state index in [0.717, 1.165) is 6.54 Å². The van der Waals surface area contributed by atoms with E-state index in [1.807, 2.05) is 0 Å². The minimum atomic E-state index is 0.300. The maximum absolute atomic E-state index is 3.65. The number of nitrogens with one attached hydrogen (secondary N) is 1. The Balaban J connectivity index is 2.53. The fourth-order valence-electron chi connectivity index (χ4n) is 2.83. The van der Waals surface area contributed by atoms with Gasteiger partial charge in [0.1, 0.15) is 0 Å². The summed E-state index contributed by atoms with van der Waals surface area (Å²) in [5, 5.41) is 3.65. The van der Waals surface area contributed by atoms with Gasteiger partial charge in [-0.05, 0) is 46.2 Å². The van der Waals surface area contributed by atoms with Crippen LogP contribution >= 0.6 is 0 Å². The Morgan fingerprint density at radius 3 is 2.42 bits per heavy atom. The Bertz CT molecular complexity index is 273. The van der Waals surface area contributed by atoms with E-state index in [1.54, 1.807) is 0 Å². The molecule has 3 heteroatoms. The Morgan fingerprint density at radius 1 is 1.26 bits per heavy atom. The van der Waals surface area contributed by atoms with Crippen LogP contribution in [0, 0.1) is 5.41 Å². The molecule has 0 bridgehead atoms. The smallest absolute Gasteiger partial charge is 0.0277 e. The van der Waals surface area contributed by atoms with Gasteiger partial charge in [-0.3, -0.25) is 9.80 Å². The summed E-state index contributed by atoms with van der Waals surface area (Å²) in [5.74, 6) is 0. The molecule has 114 valence electrons. The first-order valence-corrected chi connectivity index (χ1v) is 7.86. The molecular weight excluding hydrogens is 234 g/mol. The fraction of sp³-hybridized carbons (Fsp3) is 1.00. The second kappa shape index (κ2) is 6.55. The molecule has 1 unspecified atom stereocenters. The van der Waals surface area contributed by atoms with Crippen molar-refractivity contribution in [3.63, 3.8) is 0 Å². The highest BCUT2D eigenvalue weighted by Gasteiger charge is 2.35. The van der Waals surface area contributed by atoms with Gasteiger partial charge in [-0.1, -0.05) is 20.8 Å². The first-order valence-electron chi connectivity index (χ1n) is 7.86. The van der Waals surface area contributed by atoms with E-state index >= 15 is 0 Å². The largest absolute Gasteiger partial charge is 0.314 e. The number of hydrogen-bond acceptors (Lipinski definition) is 3. The molecule has 1 atom stereocenters. The summed E-state index contributed by atoms with van der Waals surface area (Å²) in [4.78, 5) is 5.12. The lowest BCUT2D eigenvalue weighted by Gasteiger charge is -2.48. The molecule has 0 aromatic carbocycles. The predicted molar refractivity (Wildman–Crippen MR) is 84.7 cm³/mol. The van der Waals surface area contributed by atoms with Crippen molar-refractivity contribution in [2.24, 2.45) is 5.41 Å². The molecule has 0 radical (unpaired) electrons. The van der Waals surface area contributed by atoms with Gasteiger partial charge in [0, 0.05) is 37.8 Å². The highest BCUT2D eigenvalue weighted by atomic mass is 15.3. The number of hydrogen-bond donors (Lipinski definition) is 1. The number of piperazine rings is 1. The van der Waals surface area contributed by atoms with Gasteiger partial charge in [0.15, 0.2) is 0 Å². The van der Waals surface area contributed by atoms with Gasteiger partial charge in [-0.25, -0.2) is 0 Å². The summed E-state index contributed by atoms with van der Waals surface area (Å²) < 4.78 is 0. The third-order valence-electron chi connectivity index (χ3n) is 4.90. The molecular formula is C16H35N3. The third kappa shape index (κ3) is 4.73. The number of rotatable bonds is 6. The Morgan fingerprint density at radius 2 is 1.89 bits per heavy atom. The van der Waals surface area contributed by atoms with Gasteiger partial charge in [-0.15, -0.1) is 0 Å². The molecule has 3 nitrogen and oxygen atoms in total. The van der Waals surface area contributed by atoms with Crippen LogP contribution in [0.25, 0.3) is 0 Å². The van der Waals surface area contributed by atoms with Crippen LogP contribution in [0.4, 0.5) is 0 Å². The number of nitrogens with zero attached hydrogens (tertiary/aromatic N) is 2. The van der Waals surface area contributed by atoms with E-state index in [-0.39, 0.29) is 0 Å². The molecule has 1 aliphatic rings. The summed E-state index contributed by atoms with van der Waals surface area (Å²) in [6.07, 6.45) is 1.21. The first kappa shape index (κ1) is 16.9. The molecule has 0 aliphatic carbocycles. The van der Waals surface area contributed by atoms with Crippen molar-refractivity contribution in [1.82, 2.24) is 15.1 Å².